The number of ether oxygens (including phenoxy) is 1. The largest absolute Gasteiger partial charge is 0.478 e. The Morgan fingerprint density at radius 3 is 2.68 bits per heavy atom. The number of anilines is 1. The number of hydrogen-bond acceptors (Lipinski definition) is 5. The fourth-order valence-corrected chi connectivity index (χ4v) is 2.78. The Balaban J connectivity index is 1.59. The highest BCUT2D eigenvalue weighted by atomic mass is 16.5. The molecule has 0 radical (unpaired) electrons. The number of piperidine rings is 1. The standard InChI is InChI=1S/C16H24N4O2/c1-3-22-14-10-11(2)17-16(19-14)20-8-6-12(7-9-20)15(21)18-13-4-5-13/h10,12-13H,3-9H2,1-2H3,(H,18,21). The van der Waals surface area contributed by atoms with Gasteiger partial charge in [-0.25, -0.2) is 4.98 Å². The molecule has 1 aliphatic heterocycles. The molecule has 2 heterocycles. The van der Waals surface area contributed by atoms with Crippen LogP contribution in [-0.4, -0.2) is 41.6 Å². The van der Waals surface area contributed by atoms with Gasteiger partial charge in [0.05, 0.1) is 6.61 Å². The lowest BCUT2D eigenvalue weighted by atomic mass is 9.96. The molecule has 6 nitrogen and oxygen atoms in total. The number of carbonyl (C=O) groups is 1. The second-order valence-electron chi connectivity index (χ2n) is 6.12. The first-order valence-electron chi connectivity index (χ1n) is 8.19. The maximum Gasteiger partial charge on any atom is 0.228 e. The van der Waals surface area contributed by atoms with Crippen molar-refractivity contribution in [2.45, 2.75) is 45.6 Å². The fourth-order valence-electron chi connectivity index (χ4n) is 2.78. The zero-order chi connectivity index (χ0) is 15.5. The lowest BCUT2D eigenvalue weighted by Gasteiger charge is -2.31. The van der Waals surface area contributed by atoms with E-state index in [0.717, 1.165) is 44.5 Å². The van der Waals surface area contributed by atoms with Crippen LogP contribution in [0.4, 0.5) is 5.95 Å². The number of nitrogens with one attached hydrogen (secondary N) is 1. The quantitative estimate of drug-likeness (QED) is 0.896. The lowest BCUT2D eigenvalue weighted by molar-refractivity contribution is -0.125. The Morgan fingerprint density at radius 1 is 1.32 bits per heavy atom. The summed E-state index contributed by atoms with van der Waals surface area (Å²) in [6.45, 7) is 6.12. The van der Waals surface area contributed by atoms with Gasteiger partial charge in [0.2, 0.25) is 17.7 Å². The number of aromatic nitrogens is 2. The molecule has 1 amide bonds. The van der Waals surface area contributed by atoms with E-state index in [1.54, 1.807) is 0 Å². The molecular formula is C16H24N4O2. The first kappa shape index (κ1) is 15.1. The van der Waals surface area contributed by atoms with Crippen LogP contribution < -0.4 is 15.0 Å². The molecule has 0 atom stereocenters. The number of carbonyl (C=O) groups excluding carboxylic acids is 1. The molecule has 120 valence electrons. The lowest BCUT2D eigenvalue weighted by Crippen LogP contribution is -2.41. The van der Waals surface area contributed by atoms with Gasteiger partial charge in [0.1, 0.15) is 0 Å². The van der Waals surface area contributed by atoms with E-state index in [1.165, 1.54) is 0 Å². The van der Waals surface area contributed by atoms with Crippen LogP contribution in [0, 0.1) is 12.8 Å². The van der Waals surface area contributed by atoms with E-state index in [1.807, 2.05) is 19.9 Å². The van der Waals surface area contributed by atoms with Gasteiger partial charge >= 0.3 is 0 Å². The van der Waals surface area contributed by atoms with Gasteiger partial charge in [-0.1, -0.05) is 0 Å². The zero-order valence-corrected chi connectivity index (χ0v) is 13.3. The van der Waals surface area contributed by atoms with Crippen molar-refractivity contribution in [3.05, 3.63) is 11.8 Å². The van der Waals surface area contributed by atoms with Gasteiger partial charge in [0.25, 0.3) is 0 Å². The highest BCUT2D eigenvalue weighted by Crippen LogP contribution is 2.25. The summed E-state index contributed by atoms with van der Waals surface area (Å²) in [6, 6.07) is 2.29. The Labute approximate surface area is 131 Å². The molecule has 1 aromatic heterocycles. The Hall–Kier alpha value is -1.85. The average Bonchev–Trinajstić information content (AvgIpc) is 3.31. The number of amides is 1. The van der Waals surface area contributed by atoms with Crippen molar-refractivity contribution in [3.63, 3.8) is 0 Å². The van der Waals surface area contributed by atoms with Crippen LogP contribution in [0.2, 0.25) is 0 Å². The second kappa shape index (κ2) is 6.50. The van der Waals surface area contributed by atoms with E-state index in [4.69, 9.17) is 4.74 Å². The predicted octanol–water partition coefficient (Wildman–Crippen LogP) is 1.68. The van der Waals surface area contributed by atoms with E-state index in [9.17, 15) is 4.79 Å². The molecular weight excluding hydrogens is 280 g/mol. The van der Waals surface area contributed by atoms with Crippen LogP contribution >= 0.6 is 0 Å². The average molecular weight is 304 g/mol. The molecule has 1 aromatic rings. The first-order chi connectivity index (χ1) is 10.7. The number of aryl methyl sites for hydroxylation is 1. The van der Waals surface area contributed by atoms with E-state index in [0.29, 0.717) is 24.5 Å². The molecule has 0 unspecified atom stereocenters. The molecule has 1 saturated heterocycles. The molecule has 3 rings (SSSR count). The van der Waals surface area contributed by atoms with Crippen molar-refractivity contribution in [3.8, 4) is 5.88 Å². The van der Waals surface area contributed by atoms with Gasteiger partial charge in [-0.05, 0) is 39.5 Å². The van der Waals surface area contributed by atoms with Gasteiger partial charge in [-0.2, -0.15) is 4.98 Å². The van der Waals surface area contributed by atoms with Gasteiger partial charge in [0, 0.05) is 36.8 Å². The zero-order valence-electron chi connectivity index (χ0n) is 13.3. The smallest absolute Gasteiger partial charge is 0.228 e. The third-order valence-electron chi connectivity index (χ3n) is 4.18. The third-order valence-corrected chi connectivity index (χ3v) is 4.18. The summed E-state index contributed by atoms with van der Waals surface area (Å²) in [4.78, 5) is 23.2. The minimum atomic E-state index is 0.132. The van der Waals surface area contributed by atoms with Gasteiger partial charge in [-0.3, -0.25) is 4.79 Å². The van der Waals surface area contributed by atoms with E-state index < -0.39 is 0 Å². The van der Waals surface area contributed by atoms with E-state index in [-0.39, 0.29) is 11.8 Å². The van der Waals surface area contributed by atoms with Crippen molar-refractivity contribution >= 4 is 11.9 Å². The summed E-state index contributed by atoms with van der Waals surface area (Å²) in [5.41, 5.74) is 0.905. The van der Waals surface area contributed by atoms with Crippen LogP contribution in [0.25, 0.3) is 0 Å². The van der Waals surface area contributed by atoms with Crippen molar-refractivity contribution in [2.24, 2.45) is 5.92 Å². The van der Waals surface area contributed by atoms with Crippen molar-refractivity contribution in [1.82, 2.24) is 15.3 Å². The van der Waals surface area contributed by atoms with Crippen LogP contribution in [0.5, 0.6) is 5.88 Å². The molecule has 22 heavy (non-hydrogen) atoms. The topological polar surface area (TPSA) is 67.3 Å². The highest BCUT2D eigenvalue weighted by molar-refractivity contribution is 5.79. The summed E-state index contributed by atoms with van der Waals surface area (Å²) in [5, 5.41) is 3.10. The van der Waals surface area contributed by atoms with Gasteiger partial charge < -0.3 is 15.0 Å². The molecule has 2 aliphatic rings. The summed E-state index contributed by atoms with van der Waals surface area (Å²) in [7, 11) is 0. The minimum absolute atomic E-state index is 0.132. The maximum atomic E-state index is 12.1. The monoisotopic (exact) mass is 304 g/mol. The summed E-state index contributed by atoms with van der Waals surface area (Å²) in [5.74, 6) is 1.69. The first-order valence-corrected chi connectivity index (χ1v) is 8.19. The van der Waals surface area contributed by atoms with Crippen LogP contribution in [0.1, 0.15) is 38.3 Å². The van der Waals surface area contributed by atoms with Crippen LogP contribution in [-0.2, 0) is 4.79 Å². The molecule has 1 N–H and O–H groups in total. The van der Waals surface area contributed by atoms with Crippen LogP contribution in [0.15, 0.2) is 6.07 Å². The molecule has 0 spiro atoms. The molecule has 1 aliphatic carbocycles. The fraction of sp³-hybridized carbons (Fsp3) is 0.688. The normalized spacial score (nSPS) is 19.1. The van der Waals surface area contributed by atoms with Crippen molar-refractivity contribution in [2.75, 3.05) is 24.6 Å². The molecule has 0 bridgehead atoms. The Morgan fingerprint density at radius 2 is 2.05 bits per heavy atom. The molecule has 1 saturated carbocycles. The summed E-state index contributed by atoms with van der Waals surface area (Å²) >= 11 is 0. The Kier molecular flexibility index (Phi) is 4.45. The van der Waals surface area contributed by atoms with E-state index >= 15 is 0 Å². The van der Waals surface area contributed by atoms with E-state index in [2.05, 4.69) is 20.2 Å². The second-order valence-corrected chi connectivity index (χ2v) is 6.12. The van der Waals surface area contributed by atoms with Gasteiger partial charge in [0.15, 0.2) is 0 Å². The maximum absolute atomic E-state index is 12.1. The van der Waals surface area contributed by atoms with Crippen LogP contribution in [0.3, 0.4) is 0 Å². The number of hydrogen-bond donors (Lipinski definition) is 1. The SMILES string of the molecule is CCOc1cc(C)nc(N2CCC(C(=O)NC3CC3)CC2)n1. The Bertz CT molecular complexity index is 537. The molecule has 6 heteroatoms. The predicted molar refractivity (Wildman–Crippen MR) is 84.0 cm³/mol. The van der Waals surface area contributed by atoms with Crippen molar-refractivity contribution < 1.29 is 9.53 Å². The van der Waals surface area contributed by atoms with Crippen molar-refractivity contribution in [1.29, 1.82) is 0 Å². The summed E-state index contributed by atoms with van der Waals surface area (Å²) in [6.07, 6.45) is 4.00. The summed E-state index contributed by atoms with van der Waals surface area (Å²) < 4.78 is 5.49. The minimum Gasteiger partial charge on any atom is -0.478 e. The molecule has 2 fully saturated rings. The number of nitrogens with zero attached hydrogens (tertiary/aromatic N) is 3. The number of rotatable bonds is 5. The highest BCUT2D eigenvalue weighted by Gasteiger charge is 2.30. The molecule has 0 aromatic carbocycles. The third kappa shape index (κ3) is 3.67. The van der Waals surface area contributed by atoms with Gasteiger partial charge in [-0.15, -0.1) is 0 Å².